The Labute approximate surface area is 229 Å². The smallest absolute Gasteiger partial charge is 0.248 e. The van der Waals surface area contributed by atoms with E-state index in [-0.39, 0.29) is 30.6 Å². The largest absolute Gasteiger partial charge is 0.497 e. The fraction of sp³-hybridized carbons (Fsp3) is 0.310. The lowest BCUT2D eigenvalue weighted by molar-refractivity contribution is -0.135. The number of methoxy groups -OCH3 is 1. The molecule has 0 atom stereocenters. The Hall–Kier alpha value is -3.73. The van der Waals surface area contributed by atoms with Crippen molar-refractivity contribution in [3.63, 3.8) is 0 Å². The number of imidazole rings is 1. The van der Waals surface area contributed by atoms with Gasteiger partial charge in [0.2, 0.25) is 15.9 Å². The van der Waals surface area contributed by atoms with Gasteiger partial charge in [-0.3, -0.25) is 4.79 Å². The molecule has 0 fully saturated rings. The van der Waals surface area contributed by atoms with Gasteiger partial charge in [-0.2, -0.15) is 4.31 Å². The Morgan fingerprint density at radius 1 is 1.03 bits per heavy atom. The molecule has 0 aliphatic carbocycles. The zero-order valence-corrected chi connectivity index (χ0v) is 23.7. The summed E-state index contributed by atoms with van der Waals surface area (Å²) in [4.78, 5) is 19.1. The van der Waals surface area contributed by atoms with Crippen molar-refractivity contribution in [3.05, 3.63) is 83.7 Å². The molecule has 0 N–H and O–H groups in total. The average molecular weight is 551 g/mol. The third-order valence-corrected chi connectivity index (χ3v) is 8.74. The molecule has 9 nitrogen and oxygen atoms in total. The number of aromatic nitrogens is 2. The fourth-order valence-corrected chi connectivity index (χ4v) is 5.95. The Balaban J connectivity index is 1.26. The lowest BCUT2D eigenvalue weighted by Gasteiger charge is -2.21. The average Bonchev–Trinajstić information content (AvgIpc) is 3.35. The minimum atomic E-state index is -3.72. The van der Waals surface area contributed by atoms with Crippen LogP contribution in [0.3, 0.4) is 0 Å². The summed E-state index contributed by atoms with van der Waals surface area (Å²) < 4.78 is 40.2. The highest BCUT2D eigenvalue weighted by Gasteiger charge is 2.25. The highest BCUT2D eigenvalue weighted by molar-refractivity contribution is 7.89. The predicted molar refractivity (Wildman–Crippen MR) is 150 cm³/mol. The molecule has 0 unspecified atom stereocenters. The maximum atomic E-state index is 13.1. The molecule has 0 bridgehead atoms. The van der Waals surface area contributed by atoms with Gasteiger partial charge in [0.1, 0.15) is 18.0 Å². The number of fused-ring (bicyclic) bond motifs is 1. The molecule has 0 saturated carbocycles. The molecule has 10 heteroatoms. The van der Waals surface area contributed by atoms with E-state index in [2.05, 4.69) is 4.98 Å². The number of hydrogen-bond donors (Lipinski definition) is 0. The number of benzene rings is 2. The number of nitrogens with zero attached hydrogens (tertiary/aromatic N) is 4. The molecule has 2 heterocycles. The molecule has 4 aromatic rings. The van der Waals surface area contributed by atoms with E-state index < -0.39 is 10.0 Å². The highest BCUT2D eigenvalue weighted by atomic mass is 32.2. The van der Waals surface area contributed by atoms with Gasteiger partial charge < -0.3 is 18.8 Å². The molecule has 4 rings (SSSR count). The van der Waals surface area contributed by atoms with Crippen LogP contribution in [0, 0.1) is 13.8 Å². The van der Waals surface area contributed by atoms with Crippen molar-refractivity contribution in [2.45, 2.75) is 25.3 Å². The number of ether oxygens (including phenoxy) is 2. The van der Waals surface area contributed by atoms with Crippen LogP contribution in [0.4, 0.5) is 0 Å². The standard InChI is InChI=1S/C29H34N4O5S/c1-21-16-25(37-5)17-22(2)29(21)39(35,36)32(4)14-15-38-20-28(34)31(3)18-23-9-11-24(12-10-23)26-19-33-13-7-6-8-27(33)30-26/h6-13,16-17,19H,14-15,18,20H2,1-5H3. The molecule has 0 aliphatic rings. The Kier molecular flexibility index (Phi) is 8.69. The molecule has 2 aromatic heterocycles. The van der Waals surface area contributed by atoms with Crippen molar-refractivity contribution in [1.82, 2.24) is 18.6 Å². The van der Waals surface area contributed by atoms with Crippen LogP contribution in [-0.2, 0) is 26.1 Å². The molecule has 0 spiro atoms. The Morgan fingerprint density at radius 2 is 1.72 bits per heavy atom. The summed E-state index contributed by atoms with van der Waals surface area (Å²) >= 11 is 0. The summed E-state index contributed by atoms with van der Waals surface area (Å²) in [6, 6.07) is 17.2. The second-order valence-electron chi connectivity index (χ2n) is 9.51. The van der Waals surface area contributed by atoms with Crippen LogP contribution < -0.4 is 4.74 Å². The topological polar surface area (TPSA) is 93.4 Å². The summed E-state index contributed by atoms with van der Waals surface area (Å²) in [6.45, 7) is 4.00. The summed E-state index contributed by atoms with van der Waals surface area (Å²) in [5, 5.41) is 0. The van der Waals surface area contributed by atoms with Crippen molar-refractivity contribution < 1.29 is 22.7 Å². The van der Waals surface area contributed by atoms with E-state index in [9.17, 15) is 13.2 Å². The number of sulfonamides is 1. The normalized spacial score (nSPS) is 11.7. The van der Waals surface area contributed by atoms with Gasteiger partial charge in [-0.15, -0.1) is 0 Å². The predicted octanol–water partition coefficient (Wildman–Crippen LogP) is 3.92. The second-order valence-corrected chi connectivity index (χ2v) is 11.5. The molecule has 2 aromatic carbocycles. The molecule has 1 amide bonds. The fourth-order valence-electron chi connectivity index (χ4n) is 4.39. The maximum Gasteiger partial charge on any atom is 0.248 e. The summed E-state index contributed by atoms with van der Waals surface area (Å²) in [5.41, 5.74) is 4.98. The number of aryl methyl sites for hydroxylation is 2. The highest BCUT2D eigenvalue weighted by Crippen LogP contribution is 2.27. The van der Waals surface area contributed by atoms with Crippen LogP contribution in [-0.4, -0.2) is 73.9 Å². The lowest BCUT2D eigenvalue weighted by atomic mass is 10.1. The number of rotatable bonds is 11. The first-order chi connectivity index (χ1) is 18.6. The summed E-state index contributed by atoms with van der Waals surface area (Å²) in [5.74, 6) is 0.423. The third kappa shape index (κ3) is 6.47. The number of carbonyl (C=O) groups is 1. The summed E-state index contributed by atoms with van der Waals surface area (Å²) in [7, 11) is 1.05. The van der Waals surface area contributed by atoms with Crippen LogP contribution in [0.2, 0.25) is 0 Å². The van der Waals surface area contributed by atoms with E-state index in [1.807, 2.05) is 59.3 Å². The zero-order valence-electron chi connectivity index (χ0n) is 22.9. The number of carbonyl (C=O) groups excluding carboxylic acids is 1. The first-order valence-corrected chi connectivity index (χ1v) is 14.0. The molecule has 0 aliphatic heterocycles. The van der Waals surface area contributed by atoms with Gasteiger partial charge >= 0.3 is 0 Å². The lowest BCUT2D eigenvalue weighted by Crippen LogP contribution is -2.33. The second kappa shape index (κ2) is 12.0. The number of likely N-dealkylation sites (N-methyl/N-ethyl adjacent to an activating group) is 2. The molecule has 0 saturated heterocycles. The molecule has 0 radical (unpaired) electrons. The zero-order chi connectivity index (χ0) is 28.2. The van der Waals surface area contributed by atoms with E-state index >= 15 is 0 Å². The van der Waals surface area contributed by atoms with Gasteiger partial charge in [0, 0.05) is 45.1 Å². The Morgan fingerprint density at radius 3 is 2.36 bits per heavy atom. The maximum absolute atomic E-state index is 13.1. The van der Waals surface area contributed by atoms with Crippen LogP contribution in [0.5, 0.6) is 5.75 Å². The number of hydrogen-bond acceptors (Lipinski definition) is 6. The molecular formula is C29H34N4O5S. The van der Waals surface area contributed by atoms with Crippen molar-refractivity contribution in [2.75, 3.05) is 41.0 Å². The van der Waals surface area contributed by atoms with E-state index in [1.54, 1.807) is 45.0 Å². The quantitative estimate of drug-likeness (QED) is 0.263. The van der Waals surface area contributed by atoms with E-state index in [0.717, 1.165) is 22.5 Å². The SMILES string of the molecule is COc1cc(C)c(S(=O)(=O)N(C)CCOCC(=O)N(C)Cc2ccc(-c3cn4ccccc4n3)cc2)c(C)c1. The van der Waals surface area contributed by atoms with E-state index in [1.165, 1.54) is 11.4 Å². The van der Waals surface area contributed by atoms with Gasteiger partial charge in [0.05, 0.1) is 24.3 Å². The van der Waals surface area contributed by atoms with Gasteiger partial charge in [-0.25, -0.2) is 13.4 Å². The van der Waals surface area contributed by atoms with Gasteiger partial charge in [-0.1, -0.05) is 30.3 Å². The van der Waals surface area contributed by atoms with Crippen molar-refractivity contribution in [1.29, 1.82) is 0 Å². The first kappa shape index (κ1) is 28.3. The number of pyridine rings is 1. The van der Waals surface area contributed by atoms with Gasteiger partial charge in [0.15, 0.2) is 0 Å². The van der Waals surface area contributed by atoms with Crippen LogP contribution in [0.25, 0.3) is 16.9 Å². The van der Waals surface area contributed by atoms with Crippen LogP contribution in [0.15, 0.2) is 71.9 Å². The van der Waals surface area contributed by atoms with Crippen molar-refractivity contribution >= 4 is 21.6 Å². The van der Waals surface area contributed by atoms with Crippen LogP contribution in [0.1, 0.15) is 16.7 Å². The van der Waals surface area contributed by atoms with E-state index in [4.69, 9.17) is 9.47 Å². The van der Waals surface area contributed by atoms with Crippen LogP contribution >= 0.6 is 0 Å². The minimum Gasteiger partial charge on any atom is -0.497 e. The first-order valence-electron chi connectivity index (χ1n) is 12.6. The molecular weight excluding hydrogens is 516 g/mol. The van der Waals surface area contributed by atoms with Crippen molar-refractivity contribution in [2.24, 2.45) is 0 Å². The van der Waals surface area contributed by atoms with Gasteiger partial charge in [-0.05, 0) is 54.8 Å². The third-order valence-electron chi connectivity index (χ3n) is 6.57. The minimum absolute atomic E-state index is 0.0945. The monoisotopic (exact) mass is 550 g/mol. The molecule has 39 heavy (non-hydrogen) atoms. The Bertz CT molecular complexity index is 1510. The van der Waals surface area contributed by atoms with E-state index in [0.29, 0.717) is 23.4 Å². The summed E-state index contributed by atoms with van der Waals surface area (Å²) in [6.07, 6.45) is 3.95. The van der Waals surface area contributed by atoms with Gasteiger partial charge in [0.25, 0.3) is 0 Å². The number of amides is 1. The molecule has 206 valence electrons. The van der Waals surface area contributed by atoms with Crippen molar-refractivity contribution in [3.8, 4) is 17.0 Å².